The van der Waals surface area contributed by atoms with Gasteiger partial charge in [0.2, 0.25) is 0 Å². The van der Waals surface area contributed by atoms with Crippen molar-refractivity contribution < 1.29 is 4.79 Å². The van der Waals surface area contributed by atoms with E-state index in [0.29, 0.717) is 6.04 Å². The number of hydrogen-bond donors (Lipinski definition) is 0. The third-order valence-corrected chi connectivity index (χ3v) is 3.97. The van der Waals surface area contributed by atoms with Crippen LogP contribution >= 0.6 is 0 Å². The van der Waals surface area contributed by atoms with Crippen molar-refractivity contribution in [3.8, 4) is 0 Å². The Morgan fingerprint density at radius 1 is 1.33 bits per heavy atom. The van der Waals surface area contributed by atoms with Gasteiger partial charge in [-0.2, -0.15) is 0 Å². The molecule has 2 heteroatoms. The van der Waals surface area contributed by atoms with E-state index in [-0.39, 0.29) is 0 Å². The van der Waals surface area contributed by atoms with E-state index in [1.807, 2.05) is 13.0 Å². The zero-order valence-corrected chi connectivity index (χ0v) is 11.5. The number of rotatable bonds is 3. The minimum Gasteiger partial charge on any atom is -0.368 e. The summed E-state index contributed by atoms with van der Waals surface area (Å²) in [6.07, 6.45) is 7.28. The molecule has 1 atom stereocenters. The number of nitrogens with zero attached hydrogens (tertiary/aromatic N) is 1. The lowest BCUT2D eigenvalue weighted by Gasteiger charge is -2.32. The number of aryl methyl sites for hydroxylation is 1. The van der Waals surface area contributed by atoms with E-state index in [9.17, 15) is 4.79 Å². The molecule has 0 spiro atoms. The number of aldehydes is 1. The van der Waals surface area contributed by atoms with E-state index < -0.39 is 0 Å². The number of benzene rings is 1. The third kappa shape index (κ3) is 2.74. The first-order chi connectivity index (χ1) is 8.76. The van der Waals surface area contributed by atoms with Crippen LogP contribution in [-0.2, 0) is 0 Å². The summed E-state index contributed by atoms with van der Waals surface area (Å²) in [4.78, 5) is 13.7. The van der Waals surface area contributed by atoms with Gasteiger partial charge in [-0.15, -0.1) is 0 Å². The molecule has 98 valence electrons. The zero-order valence-electron chi connectivity index (χ0n) is 11.5. The lowest BCUT2D eigenvalue weighted by atomic mass is 10.0. The normalized spacial score (nSPS) is 20.6. The second-order valence-corrected chi connectivity index (χ2v) is 5.28. The van der Waals surface area contributed by atoms with Crippen LogP contribution in [-0.4, -0.2) is 18.9 Å². The van der Waals surface area contributed by atoms with Crippen molar-refractivity contribution in [2.75, 3.05) is 11.4 Å². The molecule has 1 heterocycles. The van der Waals surface area contributed by atoms with Gasteiger partial charge in [0.1, 0.15) is 0 Å². The minimum absolute atomic E-state index is 0.592. The van der Waals surface area contributed by atoms with Crippen molar-refractivity contribution in [3.63, 3.8) is 0 Å². The molecule has 1 fully saturated rings. The number of hydrogen-bond acceptors (Lipinski definition) is 2. The minimum atomic E-state index is 0.592. The molecule has 0 saturated carbocycles. The Morgan fingerprint density at radius 3 is 2.89 bits per heavy atom. The van der Waals surface area contributed by atoms with Gasteiger partial charge < -0.3 is 4.90 Å². The number of carbonyl (C=O) groups is 1. The smallest absolute Gasteiger partial charge is 0.152 e. The van der Waals surface area contributed by atoms with Crippen molar-refractivity contribution in [1.82, 2.24) is 0 Å². The van der Waals surface area contributed by atoms with E-state index >= 15 is 0 Å². The monoisotopic (exact) mass is 245 g/mol. The maximum atomic E-state index is 11.3. The second-order valence-electron chi connectivity index (χ2n) is 5.28. The van der Waals surface area contributed by atoms with Gasteiger partial charge in [-0.3, -0.25) is 4.79 Å². The predicted molar refractivity (Wildman–Crippen MR) is 76.5 cm³/mol. The van der Waals surface area contributed by atoms with Crippen molar-refractivity contribution in [2.45, 2.75) is 52.0 Å². The van der Waals surface area contributed by atoms with Gasteiger partial charge >= 0.3 is 0 Å². The van der Waals surface area contributed by atoms with Crippen LogP contribution < -0.4 is 4.90 Å². The first-order valence-electron chi connectivity index (χ1n) is 7.08. The maximum Gasteiger partial charge on any atom is 0.152 e. The molecule has 0 radical (unpaired) electrons. The molecule has 18 heavy (non-hydrogen) atoms. The molecule has 0 N–H and O–H groups in total. The summed E-state index contributed by atoms with van der Waals surface area (Å²) in [5.74, 6) is 0. The molecule has 1 saturated heterocycles. The second kappa shape index (κ2) is 6.03. The largest absolute Gasteiger partial charge is 0.368 e. The summed E-state index contributed by atoms with van der Waals surface area (Å²) in [5.41, 5.74) is 3.13. The Bertz CT molecular complexity index is 414. The highest BCUT2D eigenvalue weighted by Gasteiger charge is 2.21. The Kier molecular flexibility index (Phi) is 4.40. The highest BCUT2D eigenvalue weighted by Crippen LogP contribution is 2.28. The number of carbonyl (C=O) groups excluding carboxylic acids is 1. The van der Waals surface area contributed by atoms with Crippen molar-refractivity contribution in [1.29, 1.82) is 0 Å². The van der Waals surface area contributed by atoms with Crippen LogP contribution in [0.15, 0.2) is 18.2 Å². The van der Waals surface area contributed by atoms with Gasteiger partial charge in [0.05, 0.1) is 0 Å². The molecule has 0 amide bonds. The maximum absolute atomic E-state index is 11.3. The van der Waals surface area contributed by atoms with Crippen LogP contribution in [0.5, 0.6) is 0 Å². The fraction of sp³-hybridized carbons (Fsp3) is 0.562. The first kappa shape index (κ1) is 13.1. The van der Waals surface area contributed by atoms with Crippen LogP contribution in [0.25, 0.3) is 0 Å². The Hall–Kier alpha value is -1.31. The summed E-state index contributed by atoms with van der Waals surface area (Å²) in [6.45, 7) is 5.37. The fourth-order valence-electron chi connectivity index (χ4n) is 2.95. The average Bonchev–Trinajstić information content (AvgIpc) is 2.63. The topological polar surface area (TPSA) is 20.3 Å². The van der Waals surface area contributed by atoms with E-state index in [1.165, 1.54) is 25.7 Å². The molecule has 1 aromatic rings. The molecule has 1 aromatic carbocycles. The van der Waals surface area contributed by atoms with Gasteiger partial charge in [0.25, 0.3) is 0 Å². The fourth-order valence-corrected chi connectivity index (χ4v) is 2.95. The number of anilines is 1. The first-order valence-corrected chi connectivity index (χ1v) is 7.08. The van der Waals surface area contributed by atoms with E-state index in [0.717, 1.165) is 36.1 Å². The third-order valence-electron chi connectivity index (χ3n) is 3.97. The van der Waals surface area contributed by atoms with Crippen LogP contribution in [0.3, 0.4) is 0 Å². The van der Waals surface area contributed by atoms with Crippen LogP contribution in [0, 0.1) is 6.92 Å². The molecular formula is C16H23NO. The molecule has 2 rings (SSSR count). The predicted octanol–water partition coefficient (Wildman–Crippen LogP) is 3.97. The molecule has 0 bridgehead atoms. The summed E-state index contributed by atoms with van der Waals surface area (Å²) in [6, 6.07) is 6.82. The SMILES string of the molecule is CCC1CCCCCN1c1ccc(C)cc1C=O. The Labute approximate surface area is 110 Å². The van der Waals surface area contributed by atoms with Crippen LogP contribution in [0.2, 0.25) is 0 Å². The Morgan fingerprint density at radius 2 is 2.17 bits per heavy atom. The molecule has 1 unspecified atom stereocenters. The highest BCUT2D eigenvalue weighted by atomic mass is 16.1. The lowest BCUT2D eigenvalue weighted by Crippen LogP contribution is -2.35. The molecular weight excluding hydrogens is 222 g/mol. The summed E-state index contributed by atoms with van der Waals surface area (Å²) >= 11 is 0. The standard InChI is InChI=1S/C16H23NO/c1-3-15-7-5-4-6-10-17(15)16-9-8-13(2)11-14(16)12-18/h8-9,11-12,15H,3-7,10H2,1-2H3. The zero-order chi connectivity index (χ0) is 13.0. The van der Waals surface area contributed by atoms with Crippen LogP contribution in [0.1, 0.15) is 54.9 Å². The molecule has 0 aromatic heterocycles. The van der Waals surface area contributed by atoms with E-state index in [4.69, 9.17) is 0 Å². The van der Waals surface area contributed by atoms with Crippen molar-refractivity contribution in [3.05, 3.63) is 29.3 Å². The molecule has 1 aliphatic heterocycles. The van der Waals surface area contributed by atoms with Gasteiger partial charge in [-0.05, 0) is 38.3 Å². The quantitative estimate of drug-likeness (QED) is 0.751. The highest BCUT2D eigenvalue weighted by molar-refractivity contribution is 5.85. The van der Waals surface area contributed by atoms with Gasteiger partial charge in [-0.25, -0.2) is 0 Å². The Balaban J connectivity index is 2.35. The van der Waals surface area contributed by atoms with Crippen molar-refractivity contribution >= 4 is 12.0 Å². The summed E-state index contributed by atoms with van der Waals surface area (Å²) < 4.78 is 0. The van der Waals surface area contributed by atoms with E-state index in [1.54, 1.807) is 0 Å². The summed E-state index contributed by atoms with van der Waals surface area (Å²) in [5, 5.41) is 0. The van der Waals surface area contributed by atoms with Gasteiger partial charge in [0, 0.05) is 23.8 Å². The molecule has 0 aliphatic carbocycles. The summed E-state index contributed by atoms with van der Waals surface area (Å²) in [7, 11) is 0. The lowest BCUT2D eigenvalue weighted by molar-refractivity contribution is 0.112. The molecule has 2 nitrogen and oxygen atoms in total. The van der Waals surface area contributed by atoms with Gasteiger partial charge in [-0.1, -0.05) is 31.4 Å². The average molecular weight is 245 g/mol. The van der Waals surface area contributed by atoms with Gasteiger partial charge in [0.15, 0.2) is 6.29 Å². The van der Waals surface area contributed by atoms with E-state index in [2.05, 4.69) is 24.0 Å². The van der Waals surface area contributed by atoms with Crippen LogP contribution in [0.4, 0.5) is 5.69 Å². The molecule has 1 aliphatic rings. The van der Waals surface area contributed by atoms with Crippen molar-refractivity contribution in [2.24, 2.45) is 0 Å².